The summed E-state index contributed by atoms with van der Waals surface area (Å²) in [7, 11) is 1.34. The lowest BCUT2D eigenvalue weighted by Crippen LogP contribution is -2.35. The number of halogens is 2. The van der Waals surface area contributed by atoms with Crippen molar-refractivity contribution in [1.82, 2.24) is 0 Å². The highest BCUT2D eigenvalue weighted by atomic mass is 19.2. The molecule has 2 unspecified atom stereocenters. The van der Waals surface area contributed by atoms with Gasteiger partial charge < -0.3 is 14.2 Å². The lowest BCUT2D eigenvalue weighted by atomic mass is 9.80. The summed E-state index contributed by atoms with van der Waals surface area (Å²) in [6, 6.07) is 0. The number of ether oxygens (including phenoxy) is 3. The first-order valence-electron chi connectivity index (χ1n) is 11.0. The third kappa shape index (κ3) is 6.55. The fourth-order valence-corrected chi connectivity index (χ4v) is 4.40. The molecule has 1 saturated heterocycles. The molecule has 2 rings (SSSR count). The van der Waals surface area contributed by atoms with Crippen molar-refractivity contribution in [2.24, 2.45) is 11.8 Å². The van der Waals surface area contributed by atoms with Crippen molar-refractivity contribution in [2.45, 2.75) is 90.8 Å². The Labute approximate surface area is 169 Å². The Morgan fingerprint density at radius 1 is 1.00 bits per heavy atom. The zero-order valence-electron chi connectivity index (χ0n) is 18.1. The molecule has 0 bridgehead atoms. The molecule has 5 heteroatoms. The van der Waals surface area contributed by atoms with Crippen LogP contribution in [-0.2, 0) is 14.2 Å². The summed E-state index contributed by atoms with van der Waals surface area (Å²) in [5.74, 6) is -0.454. The van der Waals surface area contributed by atoms with Gasteiger partial charge in [-0.3, -0.25) is 0 Å². The maximum Gasteiger partial charge on any atom is 0.196 e. The van der Waals surface area contributed by atoms with Gasteiger partial charge in [0, 0.05) is 6.61 Å². The molecule has 0 radical (unpaired) electrons. The monoisotopic (exact) mass is 400 g/mol. The number of methoxy groups -OCH3 is 1. The lowest BCUT2D eigenvalue weighted by molar-refractivity contribution is -0.0694. The van der Waals surface area contributed by atoms with E-state index in [1.807, 2.05) is 6.92 Å². The Morgan fingerprint density at radius 3 is 2.25 bits per heavy atom. The molecule has 1 aliphatic heterocycles. The second-order valence-corrected chi connectivity index (χ2v) is 8.30. The van der Waals surface area contributed by atoms with Crippen molar-refractivity contribution in [1.29, 1.82) is 0 Å². The molecule has 0 N–H and O–H groups in total. The molecule has 2 fully saturated rings. The van der Waals surface area contributed by atoms with Crippen LogP contribution in [0.25, 0.3) is 0 Å². The molecule has 0 aromatic heterocycles. The SMILES string of the molecule is CCCC1CCC(C2CCC(OC/C(CC)=C(F)/C(F)=C(\C)OC)CC2)OC1. The smallest absolute Gasteiger partial charge is 0.196 e. The number of hydrogen-bond acceptors (Lipinski definition) is 3. The Morgan fingerprint density at radius 2 is 1.71 bits per heavy atom. The zero-order chi connectivity index (χ0) is 20.5. The normalized spacial score (nSPS) is 30.5. The van der Waals surface area contributed by atoms with Gasteiger partial charge in [0.1, 0.15) is 5.76 Å². The second-order valence-electron chi connectivity index (χ2n) is 8.30. The van der Waals surface area contributed by atoms with Gasteiger partial charge >= 0.3 is 0 Å². The van der Waals surface area contributed by atoms with Gasteiger partial charge in [-0.1, -0.05) is 20.3 Å². The molecule has 28 heavy (non-hydrogen) atoms. The van der Waals surface area contributed by atoms with E-state index in [1.165, 1.54) is 39.7 Å². The highest BCUT2D eigenvalue weighted by Crippen LogP contribution is 2.35. The number of hydrogen-bond donors (Lipinski definition) is 0. The maximum absolute atomic E-state index is 14.3. The van der Waals surface area contributed by atoms with E-state index in [2.05, 4.69) is 6.92 Å². The van der Waals surface area contributed by atoms with Crippen molar-refractivity contribution in [3.05, 3.63) is 23.0 Å². The van der Waals surface area contributed by atoms with Crippen LogP contribution in [0.4, 0.5) is 8.78 Å². The Balaban J connectivity index is 1.78. The predicted molar refractivity (Wildman–Crippen MR) is 108 cm³/mol. The number of rotatable bonds is 9. The van der Waals surface area contributed by atoms with Gasteiger partial charge in [-0.2, -0.15) is 0 Å². The highest BCUT2D eigenvalue weighted by Gasteiger charge is 2.31. The van der Waals surface area contributed by atoms with Crippen LogP contribution in [0.2, 0.25) is 0 Å². The lowest BCUT2D eigenvalue weighted by Gasteiger charge is -2.37. The minimum Gasteiger partial charge on any atom is -0.498 e. The van der Waals surface area contributed by atoms with E-state index in [1.54, 1.807) is 0 Å². The van der Waals surface area contributed by atoms with Crippen LogP contribution in [0, 0.1) is 11.8 Å². The van der Waals surface area contributed by atoms with Crippen molar-refractivity contribution < 1.29 is 23.0 Å². The molecule has 3 nitrogen and oxygen atoms in total. The van der Waals surface area contributed by atoms with Gasteiger partial charge in [0.05, 0.1) is 25.9 Å². The minimum atomic E-state index is -0.928. The molecule has 2 aliphatic rings. The van der Waals surface area contributed by atoms with Gasteiger partial charge in [-0.25, -0.2) is 8.78 Å². The van der Waals surface area contributed by atoms with Crippen molar-refractivity contribution >= 4 is 0 Å². The van der Waals surface area contributed by atoms with Gasteiger partial charge in [0.25, 0.3) is 0 Å². The van der Waals surface area contributed by atoms with Crippen molar-refractivity contribution in [3.8, 4) is 0 Å². The largest absolute Gasteiger partial charge is 0.498 e. The molecule has 162 valence electrons. The van der Waals surface area contributed by atoms with Gasteiger partial charge in [-0.15, -0.1) is 0 Å². The third-order valence-corrected chi connectivity index (χ3v) is 6.39. The highest BCUT2D eigenvalue weighted by molar-refractivity contribution is 5.27. The zero-order valence-corrected chi connectivity index (χ0v) is 18.1. The van der Waals surface area contributed by atoms with Crippen LogP contribution in [-0.4, -0.2) is 32.5 Å². The quantitative estimate of drug-likeness (QED) is 0.321. The van der Waals surface area contributed by atoms with Gasteiger partial charge in [0.15, 0.2) is 11.7 Å². The third-order valence-electron chi connectivity index (χ3n) is 6.39. The summed E-state index contributed by atoms with van der Waals surface area (Å²) < 4.78 is 45.2. The van der Waals surface area contributed by atoms with E-state index in [-0.39, 0.29) is 18.5 Å². The van der Waals surface area contributed by atoms with Crippen LogP contribution in [0.15, 0.2) is 23.0 Å². The van der Waals surface area contributed by atoms with Crippen LogP contribution in [0.3, 0.4) is 0 Å². The Hall–Kier alpha value is -0.940. The van der Waals surface area contributed by atoms with Crippen LogP contribution >= 0.6 is 0 Å². The molecule has 2 atom stereocenters. The van der Waals surface area contributed by atoms with Crippen LogP contribution < -0.4 is 0 Å². The van der Waals surface area contributed by atoms with Gasteiger partial charge in [-0.05, 0) is 75.7 Å². The predicted octanol–water partition coefficient (Wildman–Crippen LogP) is 6.64. The topological polar surface area (TPSA) is 27.7 Å². The molecule has 0 amide bonds. The fourth-order valence-electron chi connectivity index (χ4n) is 4.40. The molecule has 1 aliphatic carbocycles. The first-order valence-corrected chi connectivity index (χ1v) is 11.0. The van der Waals surface area contributed by atoms with Crippen LogP contribution in [0.5, 0.6) is 0 Å². The number of allylic oxidation sites excluding steroid dienone is 3. The molecular weight excluding hydrogens is 362 g/mol. The van der Waals surface area contributed by atoms with E-state index >= 15 is 0 Å². The fraction of sp³-hybridized carbons (Fsp3) is 0.826. The van der Waals surface area contributed by atoms with Crippen LogP contribution in [0.1, 0.15) is 78.6 Å². The maximum atomic E-state index is 14.3. The summed E-state index contributed by atoms with van der Waals surface area (Å²) in [6.07, 6.45) is 10.0. The van der Waals surface area contributed by atoms with E-state index in [0.717, 1.165) is 38.2 Å². The average molecular weight is 401 g/mol. The summed E-state index contributed by atoms with van der Waals surface area (Å²) in [4.78, 5) is 0. The summed E-state index contributed by atoms with van der Waals surface area (Å²) in [6.45, 7) is 6.53. The van der Waals surface area contributed by atoms with E-state index in [0.29, 0.717) is 24.0 Å². The minimum absolute atomic E-state index is 0.0439. The summed E-state index contributed by atoms with van der Waals surface area (Å²) in [5.41, 5.74) is 0.355. The summed E-state index contributed by atoms with van der Waals surface area (Å²) >= 11 is 0. The Bertz CT molecular complexity index is 528. The van der Waals surface area contributed by atoms with Crippen molar-refractivity contribution in [2.75, 3.05) is 20.3 Å². The molecule has 0 aromatic rings. The summed E-state index contributed by atoms with van der Waals surface area (Å²) in [5, 5.41) is 0. The average Bonchev–Trinajstić information content (AvgIpc) is 2.74. The molecule has 0 aromatic carbocycles. The van der Waals surface area contributed by atoms with Crippen molar-refractivity contribution in [3.63, 3.8) is 0 Å². The van der Waals surface area contributed by atoms with E-state index < -0.39 is 11.7 Å². The van der Waals surface area contributed by atoms with E-state index in [4.69, 9.17) is 14.2 Å². The first-order chi connectivity index (χ1) is 13.5. The first kappa shape index (κ1) is 23.3. The Kier molecular flexibility index (Phi) is 9.93. The van der Waals surface area contributed by atoms with Gasteiger partial charge in [0.2, 0.25) is 0 Å². The standard InChI is InChI=1S/C23H38F2O3/c1-5-7-17-8-13-21(28-14-17)19-9-11-20(12-10-19)27-15-18(6-2)23(25)22(24)16(3)26-4/h17,19-21H,5-15H2,1-4H3/b22-16-,23-18-. The molecular formula is C23H38F2O3. The van der Waals surface area contributed by atoms with E-state index in [9.17, 15) is 8.78 Å². The molecule has 1 saturated carbocycles. The molecule has 0 spiro atoms. The molecule has 1 heterocycles. The second kappa shape index (κ2) is 11.9.